The molecule has 0 atom stereocenters. The van der Waals surface area contributed by atoms with Crippen molar-refractivity contribution in [1.29, 1.82) is 0 Å². The lowest BCUT2D eigenvalue weighted by atomic mass is 10.1. The predicted octanol–water partition coefficient (Wildman–Crippen LogP) is 3.65. The van der Waals surface area contributed by atoms with Gasteiger partial charge in [0.25, 0.3) is 0 Å². The number of unbranched alkanes of at least 4 members (excludes halogenated alkanes) is 10. The van der Waals surface area contributed by atoms with Gasteiger partial charge < -0.3 is 34.2 Å². The zero-order valence-corrected chi connectivity index (χ0v) is 23.2. The van der Waals surface area contributed by atoms with E-state index in [1.807, 2.05) is 0 Å². The topological polar surface area (TPSA) is 17.6 Å². The van der Waals surface area contributed by atoms with Gasteiger partial charge in [-0.05, 0) is 25.7 Å². The maximum Gasteiger partial charge on any atom is 0.673 e. The van der Waals surface area contributed by atoms with E-state index < -0.39 is 7.25 Å². The lowest BCUT2D eigenvalue weighted by molar-refractivity contribution is -0.671. The Balaban J connectivity index is 0. The standard InChI is InChI=1S/2C12H23N2.BF4.BrH/c2*1-3-4-5-6-7-8-9-14-11-10-13(2)12-14;2-1(3,4)5;/h2*10-12H,3-9H2,1-2H3;;1H/q2*+1;-1;/p-1. The molecule has 34 heavy (non-hydrogen) atoms. The van der Waals surface area contributed by atoms with Crippen LogP contribution in [0.15, 0.2) is 37.4 Å². The summed E-state index contributed by atoms with van der Waals surface area (Å²) in [5.41, 5.74) is 0. The van der Waals surface area contributed by atoms with Crippen LogP contribution in [0.1, 0.15) is 90.9 Å². The molecule has 0 fully saturated rings. The molecule has 10 heteroatoms. The van der Waals surface area contributed by atoms with Gasteiger partial charge in [0, 0.05) is 0 Å². The number of aromatic nitrogens is 4. The highest BCUT2D eigenvalue weighted by atomic mass is 79.9. The molecule has 0 unspecified atom stereocenters. The van der Waals surface area contributed by atoms with Crippen LogP contribution in [-0.4, -0.2) is 16.4 Å². The van der Waals surface area contributed by atoms with Gasteiger partial charge in [0.05, 0.1) is 27.2 Å². The fourth-order valence-electron chi connectivity index (χ4n) is 3.42. The molecular weight excluding hydrogens is 511 g/mol. The molecule has 0 saturated heterocycles. The first kappa shape index (κ1) is 34.9. The maximum atomic E-state index is 9.75. The van der Waals surface area contributed by atoms with E-state index in [9.17, 15) is 17.3 Å². The lowest BCUT2D eigenvalue weighted by Gasteiger charge is -1.98. The Morgan fingerprint density at radius 3 is 1.15 bits per heavy atom. The van der Waals surface area contributed by atoms with E-state index in [4.69, 9.17) is 0 Å². The smallest absolute Gasteiger partial charge is 0.673 e. The van der Waals surface area contributed by atoms with Crippen molar-refractivity contribution in [3.8, 4) is 0 Å². The van der Waals surface area contributed by atoms with Gasteiger partial charge in [0.1, 0.15) is 24.8 Å². The second-order valence-corrected chi connectivity index (χ2v) is 8.66. The second-order valence-electron chi connectivity index (χ2n) is 8.66. The van der Waals surface area contributed by atoms with Gasteiger partial charge in [-0.25, -0.2) is 18.3 Å². The first-order chi connectivity index (χ1) is 15.7. The molecule has 4 nitrogen and oxygen atoms in total. The van der Waals surface area contributed by atoms with Gasteiger partial charge in [0.15, 0.2) is 0 Å². The average Bonchev–Trinajstić information content (AvgIpc) is 3.34. The minimum Gasteiger partial charge on any atom is -1.00 e. The number of aryl methyl sites for hydroxylation is 4. The monoisotopic (exact) mass is 556 g/mol. The second kappa shape index (κ2) is 22.2. The van der Waals surface area contributed by atoms with E-state index in [1.54, 1.807) is 0 Å². The van der Waals surface area contributed by atoms with E-state index in [1.165, 1.54) is 90.1 Å². The molecule has 200 valence electrons. The molecule has 0 aromatic carbocycles. The summed E-state index contributed by atoms with van der Waals surface area (Å²) in [6.45, 7) is 6.87. The van der Waals surface area contributed by atoms with Crippen molar-refractivity contribution in [3.63, 3.8) is 0 Å². The number of imidazole rings is 2. The Morgan fingerprint density at radius 2 is 0.882 bits per heavy atom. The zero-order chi connectivity index (χ0) is 25.0. The molecule has 2 aromatic rings. The van der Waals surface area contributed by atoms with Crippen LogP contribution in [-0.2, 0) is 27.2 Å². The molecule has 2 rings (SSSR count). The average molecular weight is 557 g/mol. The quantitative estimate of drug-likeness (QED) is 0.146. The summed E-state index contributed by atoms with van der Waals surface area (Å²) in [6.07, 6.45) is 29.3. The molecular formula is C24H46BBrF4N4. The summed E-state index contributed by atoms with van der Waals surface area (Å²) < 4.78 is 47.7. The van der Waals surface area contributed by atoms with Crippen LogP contribution in [0.4, 0.5) is 17.3 Å². The highest BCUT2D eigenvalue weighted by Crippen LogP contribution is 2.07. The van der Waals surface area contributed by atoms with Crippen molar-refractivity contribution in [2.45, 2.75) is 104 Å². The summed E-state index contributed by atoms with van der Waals surface area (Å²) in [6, 6.07) is 0. The summed E-state index contributed by atoms with van der Waals surface area (Å²) in [4.78, 5) is 0. The summed E-state index contributed by atoms with van der Waals surface area (Å²) in [5, 5.41) is 0. The van der Waals surface area contributed by atoms with E-state index in [0.717, 1.165) is 0 Å². The molecule has 0 aliphatic carbocycles. The predicted molar refractivity (Wildman–Crippen MR) is 128 cm³/mol. The van der Waals surface area contributed by atoms with E-state index in [-0.39, 0.29) is 17.0 Å². The Bertz CT molecular complexity index is 634. The van der Waals surface area contributed by atoms with Crippen LogP contribution in [0.25, 0.3) is 0 Å². The minimum absolute atomic E-state index is 0. The molecule has 0 N–H and O–H groups in total. The van der Waals surface area contributed by atoms with Crippen LogP contribution in [0.3, 0.4) is 0 Å². The first-order valence-electron chi connectivity index (χ1n) is 12.5. The van der Waals surface area contributed by atoms with E-state index in [0.29, 0.717) is 0 Å². The highest BCUT2D eigenvalue weighted by Gasteiger charge is 2.20. The van der Waals surface area contributed by atoms with Gasteiger partial charge in [-0.3, -0.25) is 0 Å². The number of hydrogen-bond acceptors (Lipinski definition) is 0. The number of hydrogen-bond donors (Lipinski definition) is 0. The van der Waals surface area contributed by atoms with Crippen molar-refractivity contribution in [1.82, 2.24) is 9.13 Å². The minimum atomic E-state index is -6.00. The first-order valence-corrected chi connectivity index (χ1v) is 12.5. The summed E-state index contributed by atoms with van der Waals surface area (Å²) >= 11 is 0. The lowest BCUT2D eigenvalue weighted by Crippen LogP contribution is -3.00. The van der Waals surface area contributed by atoms with Crippen molar-refractivity contribution < 1.29 is 43.4 Å². The normalized spacial score (nSPS) is 10.6. The third kappa shape index (κ3) is 25.3. The van der Waals surface area contributed by atoms with Gasteiger partial charge in [0.2, 0.25) is 12.7 Å². The number of halogens is 5. The molecule has 2 heterocycles. The third-order valence-corrected chi connectivity index (χ3v) is 5.19. The Labute approximate surface area is 215 Å². The molecule has 0 aliphatic rings. The van der Waals surface area contributed by atoms with Crippen LogP contribution in [0.5, 0.6) is 0 Å². The summed E-state index contributed by atoms with van der Waals surface area (Å²) in [7, 11) is -1.87. The molecule has 0 amide bonds. The number of rotatable bonds is 14. The molecule has 0 spiro atoms. The van der Waals surface area contributed by atoms with Gasteiger partial charge in [-0.1, -0.05) is 65.2 Å². The Kier molecular flexibility index (Phi) is 22.7. The van der Waals surface area contributed by atoms with Crippen molar-refractivity contribution in [2.24, 2.45) is 14.1 Å². The van der Waals surface area contributed by atoms with E-state index in [2.05, 4.69) is 83.7 Å². The van der Waals surface area contributed by atoms with Crippen LogP contribution >= 0.6 is 0 Å². The van der Waals surface area contributed by atoms with E-state index >= 15 is 0 Å². The maximum absolute atomic E-state index is 9.75. The van der Waals surface area contributed by atoms with Crippen LogP contribution in [0.2, 0.25) is 0 Å². The largest absolute Gasteiger partial charge is 1.00 e. The number of nitrogens with zero attached hydrogens (tertiary/aromatic N) is 4. The van der Waals surface area contributed by atoms with Gasteiger partial charge in [-0.2, -0.15) is 0 Å². The zero-order valence-electron chi connectivity index (χ0n) is 21.6. The highest BCUT2D eigenvalue weighted by molar-refractivity contribution is 6.50. The SMILES string of the molecule is CCCCCCCCn1cc[n+](C)c1.CCCCCCCCn1cc[n+](C)c1.F[B-](F)(F)F.[Br-]. The Morgan fingerprint density at radius 1 is 0.588 bits per heavy atom. The Hall–Kier alpha value is -1.32. The van der Waals surface area contributed by atoms with Crippen LogP contribution in [0, 0.1) is 0 Å². The molecule has 0 aliphatic heterocycles. The molecule has 0 saturated carbocycles. The van der Waals surface area contributed by atoms with Crippen LogP contribution < -0.4 is 26.1 Å². The van der Waals surface area contributed by atoms with Crippen molar-refractivity contribution >= 4 is 7.25 Å². The van der Waals surface area contributed by atoms with Crippen molar-refractivity contribution in [2.75, 3.05) is 0 Å². The molecule has 2 aromatic heterocycles. The fourth-order valence-corrected chi connectivity index (χ4v) is 3.42. The van der Waals surface area contributed by atoms with Crippen molar-refractivity contribution in [3.05, 3.63) is 37.4 Å². The summed E-state index contributed by atoms with van der Waals surface area (Å²) in [5.74, 6) is 0. The third-order valence-electron chi connectivity index (χ3n) is 5.19. The fraction of sp³-hybridized carbons (Fsp3) is 0.750. The molecule has 0 radical (unpaired) electrons. The van der Waals surface area contributed by atoms with Gasteiger partial charge >= 0.3 is 7.25 Å². The molecule has 0 bridgehead atoms. The van der Waals surface area contributed by atoms with Gasteiger partial charge in [-0.15, -0.1) is 0 Å².